The predicted molar refractivity (Wildman–Crippen MR) is 76.2 cm³/mol. The number of benzene rings is 1. The van der Waals surface area contributed by atoms with E-state index in [2.05, 4.69) is 6.92 Å². The minimum atomic E-state index is -0.123. The fraction of sp³-hybridized carbons (Fsp3) is 0.400. The van der Waals surface area contributed by atoms with E-state index in [1.807, 2.05) is 28.8 Å². The molecule has 0 aliphatic carbocycles. The third-order valence-corrected chi connectivity index (χ3v) is 3.22. The molecule has 2 aromatic rings. The number of hydrogen-bond acceptors (Lipinski definition) is 3. The number of hydrogen-bond donors (Lipinski definition) is 0. The summed E-state index contributed by atoms with van der Waals surface area (Å²) >= 11 is 0. The highest BCUT2D eigenvalue weighted by Crippen LogP contribution is 2.28. The van der Waals surface area contributed by atoms with Crippen LogP contribution in [0.1, 0.15) is 19.8 Å². The minimum Gasteiger partial charge on any atom is -0.488 e. The van der Waals surface area contributed by atoms with Gasteiger partial charge in [-0.1, -0.05) is 25.5 Å². The summed E-state index contributed by atoms with van der Waals surface area (Å²) in [4.78, 5) is 12.3. The van der Waals surface area contributed by atoms with Crippen LogP contribution in [0.4, 0.5) is 0 Å². The summed E-state index contributed by atoms with van der Waals surface area (Å²) in [7, 11) is 3.06. The molecule has 0 saturated heterocycles. The van der Waals surface area contributed by atoms with Gasteiger partial charge in [-0.25, -0.2) is 0 Å². The highest BCUT2D eigenvalue weighted by Gasteiger charge is 2.17. The summed E-state index contributed by atoms with van der Waals surface area (Å²) in [5, 5.41) is 0.663. The van der Waals surface area contributed by atoms with Crippen LogP contribution < -0.4 is 14.9 Å². The summed E-state index contributed by atoms with van der Waals surface area (Å²) in [6.07, 6.45) is 2.10. The van der Waals surface area contributed by atoms with E-state index >= 15 is 0 Å². The van der Waals surface area contributed by atoms with Crippen LogP contribution in [0.2, 0.25) is 0 Å². The van der Waals surface area contributed by atoms with E-state index in [1.165, 1.54) is 7.11 Å². The van der Waals surface area contributed by atoms with Gasteiger partial charge in [-0.05, 0) is 18.6 Å². The number of aryl methyl sites for hydroxylation is 1. The lowest BCUT2D eigenvalue weighted by Gasteiger charge is -2.18. The number of rotatable bonds is 5. The number of methoxy groups -OCH3 is 2. The fourth-order valence-electron chi connectivity index (χ4n) is 2.27. The molecule has 2 rings (SSSR count). The molecule has 0 fully saturated rings. The van der Waals surface area contributed by atoms with Crippen LogP contribution in [-0.2, 0) is 6.54 Å². The molecule has 0 amide bonds. The highest BCUT2D eigenvalue weighted by atomic mass is 16.5. The van der Waals surface area contributed by atoms with Crippen LogP contribution in [0.25, 0.3) is 10.9 Å². The molecule has 0 saturated carbocycles. The van der Waals surface area contributed by atoms with Crippen LogP contribution in [0.5, 0.6) is 11.6 Å². The average molecular weight is 261 g/mol. The summed E-state index contributed by atoms with van der Waals surface area (Å²) in [6, 6.07) is 7.55. The third-order valence-electron chi connectivity index (χ3n) is 3.22. The van der Waals surface area contributed by atoms with Crippen molar-refractivity contribution in [2.75, 3.05) is 14.2 Å². The zero-order valence-electron chi connectivity index (χ0n) is 11.6. The van der Waals surface area contributed by atoms with E-state index in [4.69, 9.17) is 9.47 Å². The first kappa shape index (κ1) is 13.5. The van der Waals surface area contributed by atoms with Crippen molar-refractivity contribution in [3.05, 3.63) is 34.5 Å². The van der Waals surface area contributed by atoms with Crippen molar-refractivity contribution in [3.8, 4) is 11.6 Å². The normalized spacial score (nSPS) is 10.7. The second-order valence-corrected chi connectivity index (χ2v) is 4.39. The molecular weight excluding hydrogens is 242 g/mol. The van der Waals surface area contributed by atoms with Gasteiger partial charge in [-0.15, -0.1) is 0 Å². The molecule has 4 heteroatoms. The van der Waals surface area contributed by atoms with Crippen molar-refractivity contribution in [1.82, 2.24) is 4.57 Å². The number of para-hydroxylation sites is 1. The molecule has 0 atom stereocenters. The lowest BCUT2D eigenvalue weighted by atomic mass is 10.2. The number of fused-ring (bicyclic) bond motifs is 1. The van der Waals surface area contributed by atoms with E-state index in [-0.39, 0.29) is 11.2 Å². The lowest BCUT2D eigenvalue weighted by Crippen LogP contribution is -2.15. The van der Waals surface area contributed by atoms with E-state index < -0.39 is 0 Å². The van der Waals surface area contributed by atoms with Gasteiger partial charge in [0.2, 0.25) is 17.1 Å². The summed E-state index contributed by atoms with van der Waals surface area (Å²) in [5.74, 6) is 0.775. The Bertz CT molecular complexity index is 631. The van der Waals surface area contributed by atoms with Gasteiger partial charge in [-0.2, -0.15) is 0 Å². The van der Waals surface area contributed by atoms with E-state index in [9.17, 15) is 4.79 Å². The Kier molecular flexibility index (Phi) is 4.10. The van der Waals surface area contributed by atoms with Crippen molar-refractivity contribution >= 4 is 10.9 Å². The minimum absolute atomic E-state index is 0.123. The van der Waals surface area contributed by atoms with Gasteiger partial charge in [0.05, 0.1) is 19.7 Å². The maximum atomic E-state index is 12.3. The molecule has 0 unspecified atom stereocenters. The zero-order valence-corrected chi connectivity index (χ0v) is 11.6. The number of unbranched alkanes of at least 4 members (excludes halogenated alkanes) is 1. The Morgan fingerprint density at radius 2 is 1.89 bits per heavy atom. The van der Waals surface area contributed by atoms with Crippen molar-refractivity contribution in [3.63, 3.8) is 0 Å². The molecule has 0 aliphatic heterocycles. The van der Waals surface area contributed by atoms with Crippen LogP contribution in [-0.4, -0.2) is 18.8 Å². The fourth-order valence-corrected chi connectivity index (χ4v) is 2.27. The van der Waals surface area contributed by atoms with Gasteiger partial charge in [0, 0.05) is 11.9 Å². The number of aromatic nitrogens is 1. The maximum absolute atomic E-state index is 12.3. The van der Waals surface area contributed by atoms with Gasteiger partial charge in [0.15, 0.2) is 0 Å². The van der Waals surface area contributed by atoms with E-state index in [0.717, 1.165) is 24.9 Å². The molecule has 1 aromatic heterocycles. The van der Waals surface area contributed by atoms with Crippen LogP contribution in [0.15, 0.2) is 29.1 Å². The standard InChI is InChI=1S/C15H19NO3/c1-4-5-10-16-12-9-7-6-8-11(12)13(17)14(18-2)15(16)19-3/h6-9H,4-5,10H2,1-3H3. The predicted octanol–water partition coefficient (Wildman–Crippen LogP) is 2.82. The first-order valence-corrected chi connectivity index (χ1v) is 6.48. The Morgan fingerprint density at radius 1 is 1.16 bits per heavy atom. The first-order valence-electron chi connectivity index (χ1n) is 6.48. The van der Waals surface area contributed by atoms with Crippen LogP contribution >= 0.6 is 0 Å². The average Bonchev–Trinajstić information content (AvgIpc) is 2.46. The van der Waals surface area contributed by atoms with Gasteiger partial charge >= 0.3 is 0 Å². The van der Waals surface area contributed by atoms with Gasteiger partial charge in [0.25, 0.3) is 0 Å². The molecule has 19 heavy (non-hydrogen) atoms. The Labute approximate surface area is 112 Å². The monoisotopic (exact) mass is 261 g/mol. The zero-order chi connectivity index (χ0) is 13.8. The van der Waals surface area contributed by atoms with Gasteiger partial charge in [-0.3, -0.25) is 4.79 Å². The van der Waals surface area contributed by atoms with Crippen LogP contribution in [0.3, 0.4) is 0 Å². The third kappa shape index (κ3) is 2.30. The first-order chi connectivity index (χ1) is 9.24. The summed E-state index contributed by atoms with van der Waals surface area (Å²) < 4.78 is 12.6. The highest BCUT2D eigenvalue weighted by molar-refractivity contribution is 5.81. The lowest BCUT2D eigenvalue weighted by molar-refractivity contribution is 0.323. The van der Waals surface area contributed by atoms with E-state index in [0.29, 0.717) is 11.3 Å². The molecule has 1 aromatic carbocycles. The van der Waals surface area contributed by atoms with Gasteiger partial charge in [0.1, 0.15) is 0 Å². The molecule has 0 N–H and O–H groups in total. The summed E-state index contributed by atoms with van der Waals surface area (Å²) in [6.45, 7) is 2.94. The van der Waals surface area contributed by atoms with Crippen molar-refractivity contribution in [2.24, 2.45) is 0 Å². The van der Waals surface area contributed by atoms with E-state index in [1.54, 1.807) is 7.11 Å². The number of pyridine rings is 1. The quantitative estimate of drug-likeness (QED) is 0.831. The number of nitrogens with zero attached hydrogens (tertiary/aromatic N) is 1. The van der Waals surface area contributed by atoms with Crippen molar-refractivity contribution in [1.29, 1.82) is 0 Å². The molecule has 4 nitrogen and oxygen atoms in total. The molecule has 0 bridgehead atoms. The Morgan fingerprint density at radius 3 is 2.53 bits per heavy atom. The maximum Gasteiger partial charge on any atom is 0.241 e. The smallest absolute Gasteiger partial charge is 0.241 e. The Hall–Kier alpha value is -1.97. The number of ether oxygens (including phenoxy) is 2. The molecule has 0 radical (unpaired) electrons. The largest absolute Gasteiger partial charge is 0.488 e. The topological polar surface area (TPSA) is 40.5 Å². The molecule has 0 spiro atoms. The Balaban J connectivity index is 2.80. The second-order valence-electron chi connectivity index (χ2n) is 4.39. The van der Waals surface area contributed by atoms with Crippen molar-refractivity contribution in [2.45, 2.75) is 26.3 Å². The van der Waals surface area contributed by atoms with Crippen LogP contribution in [0, 0.1) is 0 Å². The van der Waals surface area contributed by atoms with Crippen molar-refractivity contribution < 1.29 is 9.47 Å². The molecule has 1 heterocycles. The SMILES string of the molecule is CCCCn1c(OC)c(OC)c(=O)c2ccccc21. The molecule has 0 aliphatic rings. The molecular formula is C15H19NO3. The molecule has 102 valence electrons. The summed E-state index contributed by atoms with van der Waals surface area (Å²) in [5.41, 5.74) is 0.765. The second kappa shape index (κ2) is 5.78. The van der Waals surface area contributed by atoms with Gasteiger partial charge < -0.3 is 14.0 Å².